The zero-order valence-electron chi connectivity index (χ0n) is 5.51. The second-order valence-corrected chi connectivity index (χ2v) is 3.88. The van der Waals surface area contributed by atoms with E-state index < -0.39 is 0 Å². The van der Waals surface area contributed by atoms with Crippen LogP contribution in [-0.2, 0) is 13.0 Å². The molecule has 56 valence electrons. The molecule has 4 heteroatoms. The van der Waals surface area contributed by atoms with Gasteiger partial charge in [-0.25, -0.2) is 4.98 Å². The van der Waals surface area contributed by atoms with Gasteiger partial charge >= 0.3 is 0 Å². The average Bonchev–Trinajstić information content (AvgIpc) is 2.36. The number of hydrogen-bond donors (Lipinski definition) is 1. The Kier molecular flexibility index (Phi) is 3.58. The van der Waals surface area contributed by atoms with Gasteiger partial charge in [0, 0.05) is 15.8 Å². The molecule has 0 aromatic carbocycles. The predicted octanol–water partition coefficient (Wildman–Crippen LogP) is 1.58. The molecule has 2 nitrogen and oxygen atoms in total. The third kappa shape index (κ3) is 1.90. The van der Waals surface area contributed by atoms with Gasteiger partial charge in [0.05, 0.1) is 11.2 Å². The highest BCUT2D eigenvalue weighted by Gasteiger charge is 2.01. The first-order chi connectivity index (χ1) is 4.88. The minimum atomic E-state index is 0.579. The van der Waals surface area contributed by atoms with E-state index in [0.717, 1.165) is 16.5 Å². The van der Waals surface area contributed by atoms with Gasteiger partial charge in [-0.3, -0.25) is 0 Å². The van der Waals surface area contributed by atoms with Crippen molar-refractivity contribution >= 4 is 33.9 Å². The van der Waals surface area contributed by atoms with E-state index in [1.165, 1.54) is 4.88 Å². The quantitative estimate of drug-likeness (QED) is 0.667. The van der Waals surface area contributed by atoms with Crippen LogP contribution in [0.15, 0.2) is 5.51 Å². The van der Waals surface area contributed by atoms with E-state index in [1.807, 2.05) is 5.51 Å². The minimum absolute atomic E-state index is 0.579. The zero-order valence-corrected chi connectivity index (χ0v) is 8.48. The molecule has 0 amide bonds. The highest BCUT2D eigenvalue weighted by atomic mass is 127. The predicted molar refractivity (Wildman–Crippen MR) is 52.6 cm³/mol. The van der Waals surface area contributed by atoms with Gasteiger partial charge in [-0.2, -0.15) is 0 Å². The maximum absolute atomic E-state index is 5.47. The van der Waals surface area contributed by atoms with Crippen molar-refractivity contribution in [3.63, 3.8) is 0 Å². The van der Waals surface area contributed by atoms with Crippen LogP contribution in [0.3, 0.4) is 0 Å². The smallest absolute Gasteiger partial charge is 0.0798 e. The first-order valence-electron chi connectivity index (χ1n) is 3.05. The molecule has 0 aliphatic carbocycles. The molecule has 2 N–H and O–H groups in total. The van der Waals surface area contributed by atoms with E-state index in [9.17, 15) is 0 Å². The lowest BCUT2D eigenvalue weighted by atomic mass is 10.3. The molecule has 1 rings (SSSR count). The van der Waals surface area contributed by atoms with E-state index in [0.29, 0.717) is 6.54 Å². The van der Waals surface area contributed by atoms with E-state index in [1.54, 1.807) is 11.3 Å². The van der Waals surface area contributed by atoms with Gasteiger partial charge in [0.25, 0.3) is 0 Å². The molecule has 0 saturated heterocycles. The topological polar surface area (TPSA) is 38.9 Å². The average molecular weight is 268 g/mol. The molecule has 10 heavy (non-hydrogen) atoms. The molecule has 0 aliphatic rings. The molecule has 0 aliphatic heterocycles. The summed E-state index contributed by atoms with van der Waals surface area (Å²) < 4.78 is 1.15. The number of nitrogens with two attached hydrogens (primary N) is 1. The number of nitrogens with zero attached hydrogens (tertiary/aromatic N) is 1. The van der Waals surface area contributed by atoms with Crippen molar-refractivity contribution in [2.24, 2.45) is 5.73 Å². The molecule has 1 heterocycles. The fourth-order valence-corrected chi connectivity index (χ4v) is 2.45. The number of alkyl halides is 1. The van der Waals surface area contributed by atoms with E-state index >= 15 is 0 Å². The molecular weight excluding hydrogens is 259 g/mol. The van der Waals surface area contributed by atoms with Crippen molar-refractivity contribution in [2.75, 3.05) is 4.43 Å². The molecule has 0 fully saturated rings. The summed E-state index contributed by atoms with van der Waals surface area (Å²) in [6.07, 6.45) is 1.11. The molecule has 0 spiro atoms. The van der Waals surface area contributed by atoms with Gasteiger partial charge in [-0.05, 0) is 6.42 Å². The van der Waals surface area contributed by atoms with E-state index in [-0.39, 0.29) is 0 Å². The number of aromatic nitrogens is 1. The Morgan fingerprint density at radius 2 is 2.50 bits per heavy atom. The van der Waals surface area contributed by atoms with Crippen LogP contribution in [-0.4, -0.2) is 9.41 Å². The Hall–Kier alpha value is 0.320. The third-order valence-electron chi connectivity index (χ3n) is 1.24. The zero-order chi connectivity index (χ0) is 7.40. The van der Waals surface area contributed by atoms with Crippen LogP contribution < -0.4 is 5.73 Å². The van der Waals surface area contributed by atoms with Crippen LogP contribution in [0.4, 0.5) is 0 Å². The van der Waals surface area contributed by atoms with Crippen LogP contribution in [0, 0.1) is 0 Å². The molecule has 0 atom stereocenters. The maximum atomic E-state index is 5.47. The van der Waals surface area contributed by atoms with Gasteiger partial charge in [-0.1, -0.05) is 22.6 Å². The summed E-state index contributed by atoms with van der Waals surface area (Å²) in [5.74, 6) is 0. The normalized spacial score (nSPS) is 10.2. The molecular formula is C6H9IN2S. The summed E-state index contributed by atoms with van der Waals surface area (Å²) in [5.41, 5.74) is 8.40. The highest BCUT2D eigenvalue weighted by Crippen LogP contribution is 2.13. The Balaban J connectivity index is 2.70. The van der Waals surface area contributed by atoms with Gasteiger partial charge < -0.3 is 5.73 Å². The summed E-state index contributed by atoms with van der Waals surface area (Å²) in [5, 5.41) is 0. The molecule has 0 saturated carbocycles. The van der Waals surface area contributed by atoms with Crippen molar-refractivity contribution in [1.82, 2.24) is 4.98 Å². The van der Waals surface area contributed by atoms with Crippen molar-refractivity contribution in [3.05, 3.63) is 16.1 Å². The first-order valence-corrected chi connectivity index (χ1v) is 5.46. The van der Waals surface area contributed by atoms with Crippen LogP contribution >= 0.6 is 33.9 Å². The molecule has 0 unspecified atom stereocenters. The molecule has 1 aromatic heterocycles. The summed E-state index contributed by atoms with van der Waals surface area (Å²) in [4.78, 5) is 5.49. The van der Waals surface area contributed by atoms with Crippen molar-refractivity contribution in [1.29, 1.82) is 0 Å². The lowest BCUT2D eigenvalue weighted by molar-refractivity contribution is 0.976. The van der Waals surface area contributed by atoms with Gasteiger partial charge in [0.1, 0.15) is 0 Å². The number of aryl methyl sites for hydroxylation is 1. The van der Waals surface area contributed by atoms with Crippen molar-refractivity contribution in [2.45, 2.75) is 13.0 Å². The Morgan fingerprint density at radius 1 is 1.70 bits per heavy atom. The first kappa shape index (κ1) is 8.42. The fourth-order valence-electron chi connectivity index (χ4n) is 0.749. The summed E-state index contributed by atoms with van der Waals surface area (Å²) >= 11 is 4.06. The lowest BCUT2D eigenvalue weighted by Gasteiger charge is -1.93. The monoisotopic (exact) mass is 268 g/mol. The third-order valence-corrected chi connectivity index (χ3v) is 2.71. The number of thiazole rings is 1. The van der Waals surface area contributed by atoms with Gasteiger partial charge in [0.15, 0.2) is 0 Å². The summed E-state index contributed by atoms with van der Waals surface area (Å²) in [7, 11) is 0. The molecule has 0 radical (unpaired) electrons. The Morgan fingerprint density at radius 3 is 3.10 bits per heavy atom. The standard InChI is InChI=1S/C6H9IN2S/c7-2-1-6-5(3-8)9-4-10-6/h4H,1-3,8H2. The summed E-state index contributed by atoms with van der Waals surface area (Å²) in [6, 6.07) is 0. The number of hydrogen-bond acceptors (Lipinski definition) is 3. The molecule has 1 aromatic rings. The Bertz CT molecular complexity index is 199. The largest absolute Gasteiger partial charge is 0.325 e. The van der Waals surface area contributed by atoms with Crippen LogP contribution in [0.1, 0.15) is 10.6 Å². The SMILES string of the molecule is NCc1ncsc1CCI. The lowest BCUT2D eigenvalue weighted by Crippen LogP contribution is -2.00. The van der Waals surface area contributed by atoms with Crippen LogP contribution in [0.2, 0.25) is 0 Å². The second kappa shape index (κ2) is 4.25. The van der Waals surface area contributed by atoms with Crippen molar-refractivity contribution < 1.29 is 0 Å². The van der Waals surface area contributed by atoms with E-state index in [2.05, 4.69) is 27.6 Å². The van der Waals surface area contributed by atoms with Gasteiger partial charge in [-0.15, -0.1) is 11.3 Å². The number of rotatable bonds is 3. The minimum Gasteiger partial charge on any atom is -0.325 e. The fraction of sp³-hybridized carbons (Fsp3) is 0.500. The molecule has 0 bridgehead atoms. The highest BCUT2D eigenvalue weighted by molar-refractivity contribution is 14.1. The van der Waals surface area contributed by atoms with Crippen LogP contribution in [0.5, 0.6) is 0 Å². The summed E-state index contributed by atoms with van der Waals surface area (Å²) in [6.45, 7) is 0.579. The number of halogens is 1. The second-order valence-electron chi connectivity index (χ2n) is 1.87. The maximum Gasteiger partial charge on any atom is 0.0798 e. The van der Waals surface area contributed by atoms with Crippen molar-refractivity contribution in [3.8, 4) is 0 Å². The van der Waals surface area contributed by atoms with Crippen LogP contribution in [0.25, 0.3) is 0 Å². The van der Waals surface area contributed by atoms with Gasteiger partial charge in [0.2, 0.25) is 0 Å². The van der Waals surface area contributed by atoms with E-state index in [4.69, 9.17) is 5.73 Å². The Labute approximate surface area is 78.0 Å².